The molecule has 0 bridgehead atoms. The molecule has 0 amide bonds. The van der Waals surface area contributed by atoms with Crippen molar-refractivity contribution in [3.63, 3.8) is 0 Å². The monoisotopic (exact) mass is 240 g/mol. The SMILES string of the molecule is S=C(S)[N-]Cc1ccccc1.[Ni]. The average molecular weight is 241 g/mol. The molecule has 0 aliphatic carbocycles. The standard InChI is InChI=1S/C8H9NS2.Ni/c10-8(11)9-6-7-4-2-1-3-5-7;/h1-5H,6H2,(H2,9,10,11);/p-1. The first-order valence-electron chi connectivity index (χ1n) is 3.23. The molecule has 0 spiro atoms. The number of hydrogen-bond acceptors (Lipinski definition) is 1. The van der Waals surface area contributed by atoms with E-state index in [4.69, 9.17) is 12.2 Å². The second kappa shape index (κ2) is 6.47. The van der Waals surface area contributed by atoms with Gasteiger partial charge >= 0.3 is 0 Å². The topological polar surface area (TPSA) is 14.1 Å². The first-order valence-corrected chi connectivity index (χ1v) is 4.09. The molecule has 1 rings (SSSR count). The van der Waals surface area contributed by atoms with Gasteiger partial charge in [0, 0.05) is 16.5 Å². The van der Waals surface area contributed by atoms with E-state index in [0.717, 1.165) is 5.56 Å². The Balaban J connectivity index is 0.00000121. The Bertz CT molecular complexity index is 238. The van der Waals surface area contributed by atoms with Crippen molar-refractivity contribution in [1.82, 2.24) is 0 Å². The van der Waals surface area contributed by atoms with E-state index in [1.165, 1.54) is 0 Å². The fourth-order valence-corrected chi connectivity index (χ4v) is 0.878. The van der Waals surface area contributed by atoms with Crippen LogP contribution in [0.1, 0.15) is 5.56 Å². The summed E-state index contributed by atoms with van der Waals surface area (Å²) in [4.78, 5) is 0. The number of thiol groups is 1. The summed E-state index contributed by atoms with van der Waals surface area (Å²) in [6, 6.07) is 9.95. The first-order chi connectivity index (χ1) is 5.29. The van der Waals surface area contributed by atoms with Crippen molar-refractivity contribution in [2.24, 2.45) is 0 Å². The van der Waals surface area contributed by atoms with E-state index in [9.17, 15) is 0 Å². The summed E-state index contributed by atoms with van der Waals surface area (Å²) >= 11 is 8.59. The minimum absolute atomic E-state index is 0. The van der Waals surface area contributed by atoms with E-state index in [0.29, 0.717) is 10.9 Å². The van der Waals surface area contributed by atoms with Crippen LogP contribution in [0.25, 0.3) is 5.32 Å². The average Bonchev–Trinajstić information content (AvgIpc) is 2.03. The normalized spacial score (nSPS) is 8.42. The number of hydrogen-bond donors (Lipinski definition) is 1. The predicted octanol–water partition coefficient (Wildman–Crippen LogP) is 2.77. The van der Waals surface area contributed by atoms with E-state index in [2.05, 4.69) is 17.9 Å². The Labute approximate surface area is 93.3 Å². The van der Waals surface area contributed by atoms with Gasteiger partial charge < -0.3 is 5.32 Å². The van der Waals surface area contributed by atoms with Crippen molar-refractivity contribution < 1.29 is 16.5 Å². The third-order valence-electron chi connectivity index (χ3n) is 1.24. The third kappa shape index (κ3) is 4.76. The minimum atomic E-state index is 0. The van der Waals surface area contributed by atoms with Crippen LogP contribution in [0.15, 0.2) is 30.3 Å². The Morgan fingerprint density at radius 1 is 1.33 bits per heavy atom. The maximum Gasteiger partial charge on any atom is 0 e. The molecule has 4 heteroatoms. The van der Waals surface area contributed by atoms with Crippen LogP contribution in [0.4, 0.5) is 0 Å². The molecule has 0 radical (unpaired) electrons. The van der Waals surface area contributed by atoms with Gasteiger partial charge in [-0.1, -0.05) is 48.1 Å². The van der Waals surface area contributed by atoms with Gasteiger partial charge in [-0.25, -0.2) is 0 Å². The molecular weight excluding hydrogens is 233 g/mol. The summed E-state index contributed by atoms with van der Waals surface area (Å²) < 4.78 is 0.411. The quantitative estimate of drug-likeness (QED) is 0.477. The Morgan fingerprint density at radius 2 is 1.92 bits per heavy atom. The Hall–Kier alpha value is -0.0465. The maximum atomic E-state index is 4.69. The van der Waals surface area contributed by atoms with Crippen LogP contribution in [0, 0.1) is 0 Å². The molecular formula is C8H8NNiS2-. The fraction of sp³-hybridized carbons (Fsp3) is 0.125. The molecule has 0 fully saturated rings. The smallest absolute Gasteiger partial charge is 0 e. The molecule has 1 aromatic carbocycles. The summed E-state index contributed by atoms with van der Waals surface area (Å²) in [5.74, 6) is 0. The summed E-state index contributed by atoms with van der Waals surface area (Å²) in [7, 11) is 0. The number of rotatable bonds is 2. The van der Waals surface area contributed by atoms with Gasteiger partial charge in [0.1, 0.15) is 0 Å². The molecule has 1 aromatic rings. The van der Waals surface area contributed by atoms with Gasteiger partial charge in [-0.15, -0.1) is 6.54 Å². The maximum absolute atomic E-state index is 4.69. The zero-order valence-electron chi connectivity index (χ0n) is 6.21. The molecule has 0 aromatic heterocycles. The van der Waals surface area contributed by atoms with Crippen LogP contribution < -0.4 is 0 Å². The molecule has 1 nitrogen and oxygen atoms in total. The second-order valence-electron chi connectivity index (χ2n) is 2.08. The number of nitrogens with zero attached hydrogens (tertiary/aromatic N) is 1. The van der Waals surface area contributed by atoms with Gasteiger partial charge in [0.15, 0.2) is 0 Å². The molecule has 0 atom stereocenters. The van der Waals surface area contributed by atoms with Crippen LogP contribution >= 0.6 is 24.8 Å². The van der Waals surface area contributed by atoms with Crippen molar-refractivity contribution in [2.45, 2.75) is 6.54 Å². The van der Waals surface area contributed by atoms with E-state index in [1.807, 2.05) is 30.3 Å². The largest absolute Gasteiger partial charge is 0.666 e. The molecule has 0 saturated carbocycles. The molecule has 68 valence electrons. The molecule has 0 N–H and O–H groups in total. The second-order valence-corrected chi connectivity index (χ2v) is 3.20. The molecule has 12 heavy (non-hydrogen) atoms. The van der Waals surface area contributed by atoms with Gasteiger partial charge in [0.2, 0.25) is 0 Å². The molecule has 0 saturated heterocycles. The summed E-state index contributed by atoms with van der Waals surface area (Å²) in [6.07, 6.45) is 0. The summed E-state index contributed by atoms with van der Waals surface area (Å²) in [5.41, 5.74) is 1.16. The van der Waals surface area contributed by atoms with Gasteiger partial charge in [-0.2, -0.15) is 12.6 Å². The summed E-state index contributed by atoms with van der Waals surface area (Å²) in [5, 5.41) is 3.99. The van der Waals surface area contributed by atoms with Crippen LogP contribution in [0.2, 0.25) is 0 Å². The van der Waals surface area contributed by atoms with Crippen LogP contribution in [0.3, 0.4) is 0 Å². The molecule has 0 aliphatic rings. The Kier molecular flexibility index (Phi) is 6.44. The molecule has 0 unspecified atom stereocenters. The number of thiocarbonyl (C=S) groups is 1. The van der Waals surface area contributed by atoms with E-state index >= 15 is 0 Å². The van der Waals surface area contributed by atoms with Crippen molar-refractivity contribution >= 4 is 29.2 Å². The zero-order valence-corrected chi connectivity index (χ0v) is 8.91. The van der Waals surface area contributed by atoms with Crippen LogP contribution in [-0.2, 0) is 23.0 Å². The van der Waals surface area contributed by atoms with Gasteiger partial charge in [-0.3, -0.25) is 0 Å². The van der Waals surface area contributed by atoms with E-state index in [1.54, 1.807) is 0 Å². The van der Waals surface area contributed by atoms with E-state index in [-0.39, 0.29) is 16.5 Å². The first kappa shape index (κ1) is 12.0. The number of benzene rings is 1. The predicted molar refractivity (Wildman–Crippen MR) is 55.1 cm³/mol. The summed E-state index contributed by atoms with van der Waals surface area (Å²) in [6.45, 7) is 0.628. The minimum Gasteiger partial charge on any atom is -0.666 e. The van der Waals surface area contributed by atoms with Crippen LogP contribution in [-0.4, -0.2) is 4.32 Å². The van der Waals surface area contributed by atoms with Crippen molar-refractivity contribution in [3.05, 3.63) is 41.2 Å². The van der Waals surface area contributed by atoms with Crippen molar-refractivity contribution in [3.8, 4) is 0 Å². The third-order valence-corrected chi connectivity index (χ3v) is 1.51. The van der Waals surface area contributed by atoms with Gasteiger partial charge in [0.25, 0.3) is 0 Å². The fourth-order valence-electron chi connectivity index (χ4n) is 0.742. The molecule has 0 aliphatic heterocycles. The van der Waals surface area contributed by atoms with E-state index < -0.39 is 0 Å². The zero-order chi connectivity index (χ0) is 8.10. The molecule has 0 heterocycles. The van der Waals surface area contributed by atoms with Crippen LogP contribution in [0.5, 0.6) is 0 Å². The Morgan fingerprint density at radius 3 is 2.42 bits per heavy atom. The van der Waals surface area contributed by atoms with Crippen molar-refractivity contribution in [1.29, 1.82) is 0 Å². The van der Waals surface area contributed by atoms with Crippen molar-refractivity contribution in [2.75, 3.05) is 0 Å². The van der Waals surface area contributed by atoms with Gasteiger partial charge in [0.05, 0.1) is 0 Å². The van der Waals surface area contributed by atoms with Gasteiger partial charge in [-0.05, 0) is 4.32 Å².